The first-order valence-electron chi connectivity index (χ1n) is 8.69. The van der Waals surface area contributed by atoms with E-state index in [0.717, 1.165) is 11.1 Å². The maximum atomic E-state index is 13.0. The van der Waals surface area contributed by atoms with Crippen LogP contribution in [-0.2, 0) is 14.3 Å². The van der Waals surface area contributed by atoms with Crippen LogP contribution < -0.4 is 10.6 Å². The van der Waals surface area contributed by atoms with Crippen molar-refractivity contribution in [3.63, 3.8) is 0 Å². The second kappa shape index (κ2) is 9.45. The molecule has 2 rings (SSSR count). The molecule has 2 amide bonds. The molecule has 0 fully saturated rings. The number of hydrogen-bond donors (Lipinski definition) is 2. The summed E-state index contributed by atoms with van der Waals surface area (Å²) in [5, 5.41) is 4.68. The third-order valence-corrected chi connectivity index (χ3v) is 4.09. The van der Waals surface area contributed by atoms with Crippen LogP contribution in [0.1, 0.15) is 37.4 Å². The third kappa shape index (κ3) is 5.26. The highest BCUT2D eigenvalue weighted by Crippen LogP contribution is 2.19. The van der Waals surface area contributed by atoms with Gasteiger partial charge in [0.05, 0.1) is 12.1 Å². The number of rotatable bonds is 7. The Morgan fingerprint density at radius 2 is 1.57 bits per heavy atom. The van der Waals surface area contributed by atoms with Crippen molar-refractivity contribution in [1.29, 1.82) is 0 Å². The van der Waals surface area contributed by atoms with Crippen LogP contribution in [0.5, 0.6) is 0 Å². The van der Waals surface area contributed by atoms with Gasteiger partial charge in [-0.3, -0.25) is 14.4 Å². The van der Waals surface area contributed by atoms with Crippen LogP contribution in [0.2, 0.25) is 0 Å². The van der Waals surface area contributed by atoms with Gasteiger partial charge in [0.2, 0.25) is 5.91 Å². The number of hydrogen-bond acceptors (Lipinski definition) is 5. The average Bonchev–Trinajstić information content (AvgIpc) is 2.71. The van der Waals surface area contributed by atoms with Gasteiger partial charge in [-0.1, -0.05) is 35.9 Å². The number of benzene rings is 2. The third-order valence-electron chi connectivity index (χ3n) is 4.09. The van der Waals surface area contributed by atoms with Gasteiger partial charge in [0, 0.05) is 18.2 Å². The van der Waals surface area contributed by atoms with E-state index in [2.05, 4.69) is 10.6 Å². The molecule has 0 spiro atoms. The minimum absolute atomic E-state index is 0.0764. The molecule has 0 radical (unpaired) electrons. The molecule has 2 aromatic rings. The Morgan fingerprint density at radius 3 is 2.25 bits per heavy atom. The molecule has 0 aliphatic heterocycles. The van der Waals surface area contributed by atoms with Crippen molar-refractivity contribution in [3.05, 3.63) is 70.3 Å². The lowest BCUT2D eigenvalue weighted by Gasteiger charge is -2.11. The molecule has 0 aliphatic carbocycles. The lowest BCUT2D eigenvalue weighted by Crippen LogP contribution is -2.37. The van der Waals surface area contributed by atoms with Gasteiger partial charge in [-0.05, 0) is 31.5 Å². The van der Waals surface area contributed by atoms with Gasteiger partial charge in [0.25, 0.3) is 5.91 Å². The first-order valence-corrected chi connectivity index (χ1v) is 8.69. The number of nitrogens with one attached hydrogen (secondary N) is 2. The summed E-state index contributed by atoms with van der Waals surface area (Å²) in [5.74, 6) is -2.07. The zero-order valence-electron chi connectivity index (χ0n) is 16.0. The first-order chi connectivity index (χ1) is 13.3. The fourth-order valence-corrected chi connectivity index (χ4v) is 2.51. The molecule has 0 aromatic heterocycles. The maximum absolute atomic E-state index is 13.0. The van der Waals surface area contributed by atoms with Gasteiger partial charge in [-0.25, -0.2) is 4.79 Å². The Bertz CT molecular complexity index is 921. The topological polar surface area (TPSA) is 102 Å². The van der Waals surface area contributed by atoms with Crippen molar-refractivity contribution in [1.82, 2.24) is 10.6 Å². The number of likely N-dealkylation sites (N-methyl/N-ethyl adjacent to an activating group) is 1. The highest BCUT2D eigenvalue weighted by Gasteiger charge is 2.21. The summed E-state index contributed by atoms with van der Waals surface area (Å²) in [6.07, 6.45) is 0. The number of ether oxygens (including phenoxy) is 1. The molecule has 146 valence electrons. The number of carbonyl (C=O) groups is 4. The number of carbonyl (C=O) groups excluding carboxylic acids is 4. The molecule has 7 nitrogen and oxygen atoms in total. The Morgan fingerprint density at radius 1 is 0.893 bits per heavy atom. The number of aryl methyl sites for hydroxylation is 2. The molecule has 0 atom stereocenters. The molecule has 0 saturated heterocycles. The van der Waals surface area contributed by atoms with E-state index < -0.39 is 18.5 Å². The average molecular weight is 382 g/mol. The normalized spacial score (nSPS) is 10.1. The van der Waals surface area contributed by atoms with Gasteiger partial charge < -0.3 is 15.4 Å². The van der Waals surface area contributed by atoms with Gasteiger partial charge in [0.1, 0.15) is 0 Å². The van der Waals surface area contributed by atoms with Crippen molar-refractivity contribution in [2.45, 2.75) is 13.8 Å². The van der Waals surface area contributed by atoms with E-state index in [4.69, 9.17) is 4.74 Å². The summed E-state index contributed by atoms with van der Waals surface area (Å²) < 4.78 is 5.00. The van der Waals surface area contributed by atoms with Gasteiger partial charge >= 0.3 is 5.97 Å². The van der Waals surface area contributed by atoms with E-state index in [-0.39, 0.29) is 29.4 Å². The van der Waals surface area contributed by atoms with Crippen molar-refractivity contribution in [2.75, 3.05) is 20.2 Å². The quantitative estimate of drug-likeness (QED) is 0.559. The van der Waals surface area contributed by atoms with Crippen LogP contribution in [0, 0.1) is 13.8 Å². The van der Waals surface area contributed by atoms with Crippen molar-refractivity contribution in [2.24, 2.45) is 0 Å². The Balaban J connectivity index is 2.14. The second-order valence-electron chi connectivity index (χ2n) is 6.22. The van der Waals surface area contributed by atoms with E-state index in [1.165, 1.54) is 13.1 Å². The van der Waals surface area contributed by atoms with Crippen LogP contribution in [-0.4, -0.2) is 43.8 Å². The Kier molecular flexibility index (Phi) is 7.03. The molecule has 0 saturated carbocycles. The van der Waals surface area contributed by atoms with Crippen LogP contribution >= 0.6 is 0 Å². The molecule has 28 heavy (non-hydrogen) atoms. The van der Waals surface area contributed by atoms with E-state index in [0.29, 0.717) is 5.56 Å². The van der Waals surface area contributed by atoms with Gasteiger partial charge in [-0.2, -0.15) is 0 Å². The fourth-order valence-electron chi connectivity index (χ4n) is 2.51. The number of amides is 2. The van der Waals surface area contributed by atoms with Crippen LogP contribution in [0.25, 0.3) is 0 Å². The Labute approximate surface area is 163 Å². The monoisotopic (exact) mass is 382 g/mol. The molecule has 0 bridgehead atoms. The number of esters is 1. The Hall–Kier alpha value is -3.48. The zero-order chi connectivity index (χ0) is 20.7. The summed E-state index contributed by atoms with van der Waals surface area (Å²) >= 11 is 0. The van der Waals surface area contributed by atoms with Crippen LogP contribution in [0.4, 0.5) is 0 Å². The SMILES string of the molecule is CNC(=O)CNC(=O)COC(=O)c1ccccc1C(=O)c1cc(C)ccc1C. The van der Waals surface area contributed by atoms with Gasteiger partial charge in [0.15, 0.2) is 12.4 Å². The molecular formula is C21H22N2O5. The second-order valence-corrected chi connectivity index (χ2v) is 6.22. The molecular weight excluding hydrogens is 360 g/mol. The summed E-state index contributed by atoms with van der Waals surface area (Å²) in [7, 11) is 1.44. The molecule has 0 heterocycles. The van der Waals surface area contributed by atoms with Gasteiger partial charge in [-0.15, -0.1) is 0 Å². The molecule has 7 heteroatoms. The lowest BCUT2D eigenvalue weighted by atomic mass is 9.94. The standard InChI is InChI=1S/C21H22N2O5/c1-13-8-9-14(2)17(10-13)20(26)15-6-4-5-7-16(15)21(27)28-12-19(25)23-11-18(24)22-3/h4-10H,11-12H2,1-3H3,(H,22,24)(H,23,25). The smallest absolute Gasteiger partial charge is 0.339 e. The predicted octanol–water partition coefficient (Wildman–Crippen LogP) is 1.55. The predicted molar refractivity (Wildman–Crippen MR) is 103 cm³/mol. The summed E-state index contributed by atoms with van der Waals surface area (Å²) in [6.45, 7) is 2.94. The van der Waals surface area contributed by atoms with Crippen LogP contribution in [0.3, 0.4) is 0 Å². The van der Waals surface area contributed by atoms with E-state index >= 15 is 0 Å². The van der Waals surface area contributed by atoms with Crippen LogP contribution in [0.15, 0.2) is 42.5 Å². The van der Waals surface area contributed by atoms with E-state index in [1.54, 1.807) is 24.3 Å². The van der Waals surface area contributed by atoms with Crippen molar-refractivity contribution >= 4 is 23.6 Å². The minimum atomic E-state index is -0.788. The van der Waals surface area contributed by atoms with E-state index in [9.17, 15) is 19.2 Å². The summed E-state index contributed by atoms with van der Waals surface area (Å²) in [5.41, 5.74) is 2.51. The molecule has 2 N–H and O–H groups in total. The first kappa shape index (κ1) is 20.8. The summed E-state index contributed by atoms with van der Waals surface area (Å²) in [6, 6.07) is 11.8. The lowest BCUT2D eigenvalue weighted by molar-refractivity contribution is -0.127. The number of ketones is 1. The zero-order valence-corrected chi connectivity index (χ0v) is 16.0. The highest BCUT2D eigenvalue weighted by atomic mass is 16.5. The minimum Gasteiger partial charge on any atom is -0.452 e. The molecule has 0 unspecified atom stereocenters. The highest BCUT2D eigenvalue weighted by molar-refractivity contribution is 6.15. The van der Waals surface area contributed by atoms with Crippen molar-refractivity contribution in [3.8, 4) is 0 Å². The van der Waals surface area contributed by atoms with E-state index in [1.807, 2.05) is 26.0 Å². The van der Waals surface area contributed by atoms with Crippen molar-refractivity contribution < 1.29 is 23.9 Å². The fraction of sp³-hybridized carbons (Fsp3) is 0.238. The maximum Gasteiger partial charge on any atom is 0.339 e. The molecule has 0 aliphatic rings. The summed E-state index contributed by atoms with van der Waals surface area (Å²) in [4.78, 5) is 48.2. The molecule has 2 aromatic carbocycles. The largest absolute Gasteiger partial charge is 0.452 e.